The minimum Gasteiger partial charge on any atom is -0.152 e. The van der Waals surface area contributed by atoms with Crippen LogP contribution in [0.25, 0.3) is 0 Å². The van der Waals surface area contributed by atoms with Crippen LogP contribution in [0.15, 0.2) is 16.8 Å². The van der Waals surface area contributed by atoms with Gasteiger partial charge in [-0.25, -0.2) is 0 Å². The van der Waals surface area contributed by atoms with Gasteiger partial charge in [0, 0.05) is 0 Å². The van der Waals surface area contributed by atoms with Gasteiger partial charge in [0.15, 0.2) is 0 Å². The molecule has 0 aromatic carbocycles. The van der Waals surface area contributed by atoms with E-state index in [0.717, 1.165) is 5.92 Å². The van der Waals surface area contributed by atoms with E-state index < -0.39 is 0 Å². The third-order valence-electron chi connectivity index (χ3n) is 3.21. The van der Waals surface area contributed by atoms with Crippen molar-refractivity contribution in [3.05, 3.63) is 22.4 Å². The summed E-state index contributed by atoms with van der Waals surface area (Å²) in [5, 5.41) is 4.48. The van der Waals surface area contributed by atoms with E-state index in [1.54, 1.807) is 0 Å². The summed E-state index contributed by atoms with van der Waals surface area (Å²) in [6.07, 6.45) is 11.2. The Kier molecular flexibility index (Phi) is 7.58. The summed E-state index contributed by atoms with van der Waals surface area (Å²) in [6.45, 7) is 4.67. The van der Waals surface area contributed by atoms with Crippen LogP contribution in [0.5, 0.6) is 0 Å². The van der Waals surface area contributed by atoms with E-state index in [1.807, 2.05) is 11.3 Å². The van der Waals surface area contributed by atoms with Crippen molar-refractivity contribution in [1.29, 1.82) is 0 Å². The van der Waals surface area contributed by atoms with E-state index in [4.69, 9.17) is 0 Å². The predicted octanol–water partition coefficient (Wildman–Crippen LogP) is 5.68. The molecule has 0 nitrogen and oxygen atoms in total. The first-order valence-corrected chi connectivity index (χ1v) is 7.78. The van der Waals surface area contributed by atoms with Crippen LogP contribution in [0.1, 0.15) is 64.4 Å². The molecule has 92 valence electrons. The average molecular weight is 238 g/mol. The van der Waals surface area contributed by atoms with E-state index in [9.17, 15) is 0 Å². The second-order valence-corrected chi connectivity index (χ2v) is 5.78. The van der Waals surface area contributed by atoms with Crippen LogP contribution in [-0.4, -0.2) is 0 Å². The van der Waals surface area contributed by atoms with Gasteiger partial charge >= 0.3 is 0 Å². The lowest BCUT2D eigenvalue weighted by atomic mass is 9.96. The molecule has 1 atom stereocenters. The SMILES string of the molecule is CCCCCCCCC(C)Cc1ccsc1. The molecule has 0 bridgehead atoms. The van der Waals surface area contributed by atoms with Gasteiger partial charge in [-0.05, 0) is 34.7 Å². The molecule has 0 aliphatic carbocycles. The van der Waals surface area contributed by atoms with Crippen molar-refractivity contribution in [1.82, 2.24) is 0 Å². The fourth-order valence-electron chi connectivity index (χ4n) is 2.19. The van der Waals surface area contributed by atoms with Crippen molar-refractivity contribution in [3.8, 4) is 0 Å². The molecule has 0 fully saturated rings. The normalized spacial score (nSPS) is 12.9. The largest absolute Gasteiger partial charge is 0.152 e. The maximum atomic E-state index is 2.39. The van der Waals surface area contributed by atoms with Crippen molar-refractivity contribution in [2.45, 2.75) is 65.2 Å². The monoisotopic (exact) mass is 238 g/mol. The first-order chi connectivity index (χ1) is 7.83. The van der Waals surface area contributed by atoms with E-state index in [0.29, 0.717) is 0 Å². The molecule has 1 heteroatoms. The van der Waals surface area contributed by atoms with Gasteiger partial charge in [0.1, 0.15) is 0 Å². The van der Waals surface area contributed by atoms with Gasteiger partial charge in [-0.15, -0.1) is 0 Å². The van der Waals surface area contributed by atoms with Crippen LogP contribution < -0.4 is 0 Å². The molecule has 0 saturated heterocycles. The number of thiophene rings is 1. The molecule has 0 N–H and O–H groups in total. The van der Waals surface area contributed by atoms with Crippen molar-refractivity contribution in [2.75, 3.05) is 0 Å². The number of hydrogen-bond acceptors (Lipinski definition) is 1. The van der Waals surface area contributed by atoms with Crippen LogP contribution in [0.4, 0.5) is 0 Å². The van der Waals surface area contributed by atoms with Crippen LogP contribution in [0, 0.1) is 5.92 Å². The highest BCUT2D eigenvalue weighted by atomic mass is 32.1. The topological polar surface area (TPSA) is 0 Å². The molecule has 0 aliphatic heterocycles. The third-order valence-corrected chi connectivity index (χ3v) is 3.95. The fourth-order valence-corrected chi connectivity index (χ4v) is 2.87. The molecule has 0 saturated carbocycles. The van der Waals surface area contributed by atoms with Gasteiger partial charge in [0.2, 0.25) is 0 Å². The first-order valence-electron chi connectivity index (χ1n) is 6.84. The minimum absolute atomic E-state index is 0.862. The molecule has 1 heterocycles. The minimum atomic E-state index is 0.862. The third kappa shape index (κ3) is 6.32. The number of unbranched alkanes of at least 4 members (excludes halogenated alkanes) is 5. The second-order valence-electron chi connectivity index (χ2n) is 5.00. The lowest BCUT2D eigenvalue weighted by Gasteiger charge is -2.09. The molecular weight excluding hydrogens is 212 g/mol. The van der Waals surface area contributed by atoms with Gasteiger partial charge in [-0.1, -0.05) is 58.8 Å². The van der Waals surface area contributed by atoms with Gasteiger partial charge in [0.25, 0.3) is 0 Å². The summed E-state index contributed by atoms with van der Waals surface area (Å²) in [4.78, 5) is 0. The Labute approximate surface area is 105 Å². The highest BCUT2D eigenvalue weighted by Crippen LogP contribution is 2.17. The zero-order valence-corrected chi connectivity index (χ0v) is 11.7. The summed E-state index contributed by atoms with van der Waals surface area (Å²) >= 11 is 1.82. The lowest BCUT2D eigenvalue weighted by Crippen LogP contribution is -1.98. The molecule has 1 rings (SSSR count). The lowest BCUT2D eigenvalue weighted by molar-refractivity contribution is 0.481. The molecule has 1 unspecified atom stereocenters. The number of rotatable bonds is 9. The zero-order chi connectivity index (χ0) is 11.6. The van der Waals surface area contributed by atoms with Crippen molar-refractivity contribution >= 4 is 11.3 Å². The fraction of sp³-hybridized carbons (Fsp3) is 0.733. The van der Waals surface area contributed by atoms with Gasteiger partial charge in [0.05, 0.1) is 0 Å². The van der Waals surface area contributed by atoms with Crippen molar-refractivity contribution < 1.29 is 0 Å². The van der Waals surface area contributed by atoms with E-state index >= 15 is 0 Å². The van der Waals surface area contributed by atoms with Crippen molar-refractivity contribution in [3.63, 3.8) is 0 Å². The molecule has 0 radical (unpaired) electrons. The summed E-state index contributed by atoms with van der Waals surface area (Å²) in [5.74, 6) is 0.862. The van der Waals surface area contributed by atoms with Gasteiger partial charge in [-0.3, -0.25) is 0 Å². The highest BCUT2D eigenvalue weighted by Gasteiger charge is 2.03. The van der Waals surface area contributed by atoms with Crippen molar-refractivity contribution in [2.24, 2.45) is 5.92 Å². The quantitative estimate of drug-likeness (QED) is 0.486. The van der Waals surface area contributed by atoms with E-state index in [-0.39, 0.29) is 0 Å². The molecular formula is C15H26S. The smallest absolute Gasteiger partial charge is 0.00612 e. The summed E-state index contributed by atoms with van der Waals surface area (Å²) in [7, 11) is 0. The Balaban J connectivity index is 1.96. The summed E-state index contributed by atoms with van der Waals surface area (Å²) in [5.41, 5.74) is 1.53. The van der Waals surface area contributed by atoms with E-state index in [2.05, 4.69) is 30.7 Å². The molecule has 0 aliphatic rings. The maximum absolute atomic E-state index is 2.39. The van der Waals surface area contributed by atoms with Gasteiger partial charge in [-0.2, -0.15) is 11.3 Å². The molecule has 16 heavy (non-hydrogen) atoms. The zero-order valence-electron chi connectivity index (χ0n) is 10.9. The van der Waals surface area contributed by atoms with E-state index in [1.165, 1.54) is 56.9 Å². The highest BCUT2D eigenvalue weighted by molar-refractivity contribution is 7.07. The average Bonchev–Trinajstić information content (AvgIpc) is 2.76. The van der Waals surface area contributed by atoms with Gasteiger partial charge < -0.3 is 0 Å². The Morgan fingerprint density at radius 2 is 1.88 bits per heavy atom. The predicted molar refractivity (Wildman–Crippen MR) is 75.2 cm³/mol. The Bertz CT molecular complexity index is 238. The Morgan fingerprint density at radius 3 is 2.56 bits per heavy atom. The maximum Gasteiger partial charge on any atom is -0.00612 e. The summed E-state index contributed by atoms with van der Waals surface area (Å²) in [6, 6.07) is 2.27. The first kappa shape index (κ1) is 13.8. The van der Waals surface area contributed by atoms with Crippen LogP contribution in [0.2, 0.25) is 0 Å². The Morgan fingerprint density at radius 1 is 1.12 bits per heavy atom. The molecule has 1 aromatic heterocycles. The number of hydrogen-bond donors (Lipinski definition) is 0. The standard InChI is InChI=1S/C15H26S/c1-3-4-5-6-7-8-9-14(2)12-15-10-11-16-13-15/h10-11,13-14H,3-9,12H2,1-2H3. The molecule has 1 aromatic rings. The molecule has 0 amide bonds. The summed E-state index contributed by atoms with van der Waals surface area (Å²) < 4.78 is 0. The van der Waals surface area contributed by atoms with Crippen LogP contribution >= 0.6 is 11.3 Å². The van der Waals surface area contributed by atoms with Crippen LogP contribution in [0.3, 0.4) is 0 Å². The second kappa shape index (κ2) is 8.81. The molecule has 0 spiro atoms. The van der Waals surface area contributed by atoms with Crippen LogP contribution in [-0.2, 0) is 6.42 Å². The Hall–Kier alpha value is -0.300.